The van der Waals surface area contributed by atoms with Gasteiger partial charge in [-0.25, -0.2) is 4.79 Å². The largest absolute Gasteiger partial charge is 0.481 e. The first kappa shape index (κ1) is 18.5. The molecule has 2 N–H and O–H groups in total. The third-order valence-electron chi connectivity index (χ3n) is 3.17. The van der Waals surface area contributed by atoms with E-state index in [1.165, 1.54) is 0 Å². The Balaban J connectivity index is 2.05. The number of amides is 1. The Bertz CT molecular complexity index is 704. The highest BCUT2D eigenvalue weighted by Crippen LogP contribution is 2.24. The molecule has 0 radical (unpaired) electrons. The van der Waals surface area contributed by atoms with E-state index in [9.17, 15) is 9.59 Å². The van der Waals surface area contributed by atoms with Gasteiger partial charge >= 0.3 is 12.1 Å². The number of halogens is 2. The predicted molar refractivity (Wildman–Crippen MR) is 98.9 cm³/mol. The molecule has 0 saturated carbocycles. The van der Waals surface area contributed by atoms with Crippen LogP contribution in [0.3, 0.4) is 0 Å². The normalized spacial score (nSPS) is 11.6. The second kappa shape index (κ2) is 8.89. The van der Waals surface area contributed by atoms with Crippen molar-refractivity contribution in [2.45, 2.75) is 19.1 Å². The highest BCUT2D eigenvalue weighted by Gasteiger charge is 2.19. The van der Waals surface area contributed by atoms with Crippen LogP contribution >= 0.6 is 34.2 Å². The minimum absolute atomic E-state index is 0.111. The number of aliphatic carboxylic acids is 1. The van der Waals surface area contributed by atoms with Gasteiger partial charge in [-0.1, -0.05) is 41.9 Å². The Morgan fingerprint density at radius 2 is 1.92 bits per heavy atom. The van der Waals surface area contributed by atoms with Crippen LogP contribution in [0.2, 0.25) is 5.02 Å². The Hall–Kier alpha value is -1.80. The molecule has 2 aromatic carbocycles. The molecule has 0 aliphatic carbocycles. The van der Waals surface area contributed by atoms with E-state index in [0.717, 1.165) is 9.13 Å². The van der Waals surface area contributed by atoms with Crippen LogP contribution in [-0.2, 0) is 16.1 Å². The molecule has 0 heterocycles. The van der Waals surface area contributed by atoms with Crippen LogP contribution in [-0.4, -0.2) is 17.2 Å². The summed E-state index contributed by atoms with van der Waals surface area (Å²) in [5, 5.41) is 12.1. The number of rotatable bonds is 6. The first-order chi connectivity index (χ1) is 11.4. The molecule has 2 aromatic rings. The van der Waals surface area contributed by atoms with Crippen molar-refractivity contribution in [1.29, 1.82) is 0 Å². The van der Waals surface area contributed by atoms with Gasteiger partial charge in [0.1, 0.15) is 6.61 Å². The summed E-state index contributed by atoms with van der Waals surface area (Å²) in [7, 11) is 0. The van der Waals surface area contributed by atoms with E-state index >= 15 is 0 Å². The van der Waals surface area contributed by atoms with E-state index in [4.69, 9.17) is 21.4 Å². The number of carboxylic acid groups (broad SMARTS) is 1. The quantitative estimate of drug-likeness (QED) is 0.629. The molecule has 0 aromatic heterocycles. The second-order valence-electron chi connectivity index (χ2n) is 5.06. The van der Waals surface area contributed by atoms with Crippen LogP contribution in [0.15, 0.2) is 48.5 Å². The standard InChI is InChI=1S/C17H15ClINO4/c18-13-6-12(7-14(19)8-13)15(9-16(21)22)20-17(23)24-10-11-4-2-1-3-5-11/h1-8,15H,9-10H2,(H,20,23)(H,21,22). The molecule has 0 aliphatic heterocycles. The zero-order valence-corrected chi connectivity index (χ0v) is 15.5. The van der Waals surface area contributed by atoms with Crippen molar-refractivity contribution in [3.63, 3.8) is 0 Å². The van der Waals surface area contributed by atoms with Crippen LogP contribution in [0.1, 0.15) is 23.6 Å². The minimum Gasteiger partial charge on any atom is -0.481 e. The van der Waals surface area contributed by atoms with Gasteiger partial charge < -0.3 is 15.2 Å². The molecular formula is C17H15ClINO4. The molecule has 0 fully saturated rings. The molecule has 126 valence electrons. The van der Waals surface area contributed by atoms with Crippen molar-refractivity contribution < 1.29 is 19.4 Å². The molecule has 0 bridgehead atoms. The number of carboxylic acids is 1. The summed E-state index contributed by atoms with van der Waals surface area (Å²) < 4.78 is 6.00. The van der Waals surface area contributed by atoms with Crippen molar-refractivity contribution in [3.05, 3.63) is 68.3 Å². The summed E-state index contributed by atoms with van der Waals surface area (Å²) in [4.78, 5) is 23.1. The lowest BCUT2D eigenvalue weighted by molar-refractivity contribution is -0.137. The lowest BCUT2D eigenvalue weighted by Crippen LogP contribution is -2.30. The van der Waals surface area contributed by atoms with E-state index < -0.39 is 18.1 Å². The summed E-state index contributed by atoms with van der Waals surface area (Å²) in [6, 6.07) is 13.7. The average Bonchev–Trinajstić information content (AvgIpc) is 2.52. The number of carbonyl (C=O) groups is 2. The summed E-state index contributed by atoms with van der Waals surface area (Å²) in [5.41, 5.74) is 1.46. The number of benzene rings is 2. The summed E-state index contributed by atoms with van der Waals surface area (Å²) in [6.07, 6.45) is -0.947. The lowest BCUT2D eigenvalue weighted by Gasteiger charge is -2.18. The number of hydrogen-bond donors (Lipinski definition) is 2. The SMILES string of the molecule is O=C(O)CC(NC(=O)OCc1ccccc1)c1cc(Cl)cc(I)c1. The minimum atomic E-state index is -1.03. The van der Waals surface area contributed by atoms with Crippen molar-refractivity contribution >= 4 is 46.3 Å². The Labute approximate surface area is 158 Å². The maximum Gasteiger partial charge on any atom is 0.407 e. The smallest absolute Gasteiger partial charge is 0.407 e. The Morgan fingerprint density at radius 1 is 1.21 bits per heavy atom. The van der Waals surface area contributed by atoms with Gasteiger partial charge in [0.2, 0.25) is 0 Å². The molecule has 24 heavy (non-hydrogen) atoms. The van der Waals surface area contributed by atoms with Crippen molar-refractivity contribution in [2.75, 3.05) is 0 Å². The fourth-order valence-electron chi connectivity index (χ4n) is 2.11. The van der Waals surface area contributed by atoms with Crippen molar-refractivity contribution in [3.8, 4) is 0 Å². The van der Waals surface area contributed by atoms with Gasteiger partial charge in [-0.15, -0.1) is 0 Å². The first-order valence-electron chi connectivity index (χ1n) is 7.09. The summed E-state index contributed by atoms with van der Waals surface area (Å²) in [5.74, 6) is -1.03. The molecular weight excluding hydrogens is 445 g/mol. The van der Waals surface area contributed by atoms with E-state index in [-0.39, 0.29) is 13.0 Å². The highest BCUT2D eigenvalue weighted by molar-refractivity contribution is 14.1. The summed E-state index contributed by atoms with van der Waals surface area (Å²) >= 11 is 8.09. The third kappa shape index (κ3) is 6.01. The van der Waals surface area contributed by atoms with Crippen molar-refractivity contribution in [1.82, 2.24) is 5.32 Å². The van der Waals surface area contributed by atoms with Crippen LogP contribution in [0.25, 0.3) is 0 Å². The molecule has 2 rings (SSSR count). The van der Waals surface area contributed by atoms with Gasteiger partial charge in [-0.3, -0.25) is 4.79 Å². The Kier molecular flexibility index (Phi) is 6.86. The zero-order valence-electron chi connectivity index (χ0n) is 12.5. The van der Waals surface area contributed by atoms with E-state index in [1.807, 2.05) is 30.3 Å². The fourth-order valence-corrected chi connectivity index (χ4v) is 3.23. The predicted octanol–water partition coefficient (Wildman–Crippen LogP) is 4.39. The topological polar surface area (TPSA) is 75.6 Å². The van der Waals surface area contributed by atoms with Crippen LogP contribution < -0.4 is 5.32 Å². The number of hydrogen-bond acceptors (Lipinski definition) is 3. The van der Waals surface area contributed by atoms with Crippen LogP contribution in [0, 0.1) is 3.57 Å². The van der Waals surface area contributed by atoms with Crippen LogP contribution in [0.4, 0.5) is 4.79 Å². The molecule has 7 heteroatoms. The highest BCUT2D eigenvalue weighted by atomic mass is 127. The van der Waals surface area contributed by atoms with Gasteiger partial charge in [0, 0.05) is 8.59 Å². The maximum absolute atomic E-state index is 12.0. The molecule has 0 aliphatic rings. The van der Waals surface area contributed by atoms with Gasteiger partial charge in [0.15, 0.2) is 0 Å². The van der Waals surface area contributed by atoms with E-state index in [2.05, 4.69) is 27.9 Å². The van der Waals surface area contributed by atoms with Crippen molar-refractivity contribution in [2.24, 2.45) is 0 Å². The molecule has 1 unspecified atom stereocenters. The first-order valence-corrected chi connectivity index (χ1v) is 8.54. The van der Waals surface area contributed by atoms with E-state index in [0.29, 0.717) is 10.6 Å². The zero-order chi connectivity index (χ0) is 17.5. The average molecular weight is 460 g/mol. The molecule has 5 nitrogen and oxygen atoms in total. The van der Waals surface area contributed by atoms with E-state index in [1.54, 1.807) is 18.2 Å². The number of nitrogens with one attached hydrogen (secondary N) is 1. The number of alkyl carbamates (subject to hydrolysis) is 1. The third-order valence-corrected chi connectivity index (χ3v) is 4.01. The molecule has 1 atom stereocenters. The molecule has 1 amide bonds. The number of carbonyl (C=O) groups excluding carboxylic acids is 1. The molecule has 0 spiro atoms. The number of ether oxygens (including phenoxy) is 1. The Morgan fingerprint density at radius 3 is 2.54 bits per heavy atom. The van der Waals surface area contributed by atoms with Gasteiger partial charge in [-0.05, 0) is 51.9 Å². The monoisotopic (exact) mass is 459 g/mol. The fraction of sp³-hybridized carbons (Fsp3) is 0.176. The van der Waals surface area contributed by atoms with Gasteiger partial charge in [0.25, 0.3) is 0 Å². The second-order valence-corrected chi connectivity index (χ2v) is 6.74. The maximum atomic E-state index is 12.0. The summed E-state index contributed by atoms with van der Waals surface area (Å²) in [6.45, 7) is 0.111. The molecule has 0 saturated heterocycles. The van der Waals surface area contributed by atoms with Gasteiger partial charge in [-0.2, -0.15) is 0 Å². The lowest BCUT2D eigenvalue weighted by atomic mass is 10.0. The van der Waals surface area contributed by atoms with Gasteiger partial charge in [0.05, 0.1) is 12.5 Å². The van der Waals surface area contributed by atoms with Crippen LogP contribution in [0.5, 0.6) is 0 Å².